The van der Waals surface area contributed by atoms with E-state index < -0.39 is 16.9 Å². The largest absolute Gasteiger partial charge is 0.466 e. The van der Waals surface area contributed by atoms with Gasteiger partial charge in [0.1, 0.15) is 0 Å². The van der Waals surface area contributed by atoms with Crippen molar-refractivity contribution < 1.29 is 24.0 Å². The molecule has 0 radical (unpaired) electrons. The Bertz CT molecular complexity index is 395. The molecule has 106 valence electrons. The topological polar surface area (TPSA) is 95.7 Å². The zero-order valence-corrected chi connectivity index (χ0v) is 11.0. The third-order valence-electron chi connectivity index (χ3n) is 1.91. The van der Waals surface area contributed by atoms with Gasteiger partial charge in [0.05, 0.1) is 25.2 Å². The van der Waals surface area contributed by atoms with Crippen LogP contribution >= 0.6 is 0 Å². The molecule has 0 heterocycles. The first kappa shape index (κ1) is 16.9. The average Bonchev–Trinajstić information content (AvgIpc) is 2.32. The summed E-state index contributed by atoms with van der Waals surface area (Å²) in [6.07, 6.45) is 1.83. The van der Waals surface area contributed by atoms with Crippen LogP contribution in [-0.2, 0) is 19.1 Å². The van der Waals surface area contributed by atoms with Crippen LogP contribution in [0.25, 0.3) is 0 Å². The number of nitro groups is 1. The molecule has 7 nitrogen and oxygen atoms in total. The number of hydrogen-bond donors (Lipinski definition) is 0. The van der Waals surface area contributed by atoms with E-state index in [9.17, 15) is 19.7 Å². The van der Waals surface area contributed by atoms with E-state index in [1.807, 2.05) is 0 Å². The maximum absolute atomic E-state index is 11.5. The Morgan fingerprint density at radius 1 is 1.37 bits per heavy atom. The van der Waals surface area contributed by atoms with Crippen molar-refractivity contribution in [3.63, 3.8) is 0 Å². The number of rotatable bonds is 8. The maximum atomic E-state index is 11.5. The van der Waals surface area contributed by atoms with Crippen molar-refractivity contribution in [2.75, 3.05) is 19.8 Å². The molecule has 0 spiro atoms. The van der Waals surface area contributed by atoms with E-state index in [0.717, 1.165) is 0 Å². The fourth-order valence-electron chi connectivity index (χ4n) is 1.11. The standard InChI is InChI=1S/C12H17NO6/c1-3-18-12(15)11(7-8-13(16)17)6-4-5-9-19-10(2)14/h4H,3,5,7-9H2,1-2H3. The van der Waals surface area contributed by atoms with Crippen molar-refractivity contribution in [2.24, 2.45) is 0 Å². The highest BCUT2D eigenvalue weighted by Gasteiger charge is 2.12. The second-order valence-electron chi connectivity index (χ2n) is 3.48. The maximum Gasteiger partial charge on any atom is 0.342 e. The van der Waals surface area contributed by atoms with Crippen LogP contribution in [0.2, 0.25) is 0 Å². The van der Waals surface area contributed by atoms with Gasteiger partial charge in [-0.15, -0.1) is 5.73 Å². The highest BCUT2D eigenvalue weighted by molar-refractivity contribution is 5.88. The summed E-state index contributed by atoms with van der Waals surface area (Å²) < 4.78 is 9.45. The van der Waals surface area contributed by atoms with Crippen molar-refractivity contribution >= 4 is 11.9 Å². The highest BCUT2D eigenvalue weighted by atomic mass is 16.6. The van der Waals surface area contributed by atoms with E-state index in [0.29, 0.717) is 6.42 Å². The molecule has 0 saturated carbocycles. The number of carbonyl (C=O) groups excluding carboxylic acids is 2. The molecule has 0 rings (SSSR count). The second kappa shape index (κ2) is 9.85. The molecule has 0 amide bonds. The smallest absolute Gasteiger partial charge is 0.342 e. The van der Waals surface area contributed by atoms with E-state index in [4.69, 9.17) is 4.74 Å². The molecule has 0 aromatic heterocycles. The summed E-state index contributed by atoms with van der Waals surface area (Å²) in [6.45, 7) is 2.94. The third-order valence-corrected chi connectivity index (χ3v) is 1.91. The first-order valence-electron chi connectivity index (χ1n) is 5.83. The molecular formula is C12H17NO6. The first-order chi connectivity index (χ1) is 8.97. The van der Waals surface area contributed by atoms with Gasteiger partial charge in [0.15, 0.2) is 0 Å². The van der Waals surface area contributed by atoms with E-state index in [-0.39, 0.29) is 31.8 Å². The fraction of sp³-hybridized carbons (Fsp3) is 0.583. The normalized spacial score (nSPS) is 9.16. The molecule has 0 aliphatic rings. The van der Waals surface area contributed by atoms with Crippen LogP contribution in [0.5, 0.6) is 0 Å². The van der Waals surface area contributed by atoms with Gasteiger partial charge in [-0.05, 0) is 13.0 Å². The van der Waals surface area contributed by atoms with Crippen LogP contribution in [0.4, 0.5) is 0 Å². The molecular weight excluding hydrogens is 254 g/mol. The van der Waals surface area contributed by atoms with Crippen LogP contribution in [0.1, 0.15) is 26.7 Å². The molecule has 0 bridgehead atoms. The van der Waals surface area contributed by atoms with Gasteiger partial charge in [0.2, 0.25) is 6.54 Å². The molecule has 0 aromatic carbocycles. The Labute approximate surface area is 111 Å². The molecule has 0 aliphatic heterocycles. The third kappa shape index (κ3) is 9.55. The minimum absolute atomic E-state index is 0.0457. The molecule has 19 heavy (non-hydrogen) atoms. The molecule has 0 saturated heterocycles. The van der Waals surface area contributed by atoms with Crippen molar-refractivity contribution in [3.05, 3.63) is 27.5 Å². The van der Waals surface area contributed by atoms with Gasteiger partial charge in [-0.3, -0.25) is 14.9 Å². The zero-order valence-electron chi connectivity index (χ0n) is 11.0. The van der Waals surface area contributed by atoms with E-state index in [2.05, 4.69) is 10.5 Å². The minimum Gasteiger partial charge on any atom is -0.466 e. The van der Waals surface area contributed by atoms with Crippen LogP contribution < -0.4 is 0 Å². The Hall–Kier alpha value is -2.14. The summed E-state index contributed by atoms with van der Waals surface area (Å²) in [7, 11) is 0. The van der Waals surface area contributed by atoms with Crippen molar-refractivity contribution in [1.82, 2.24) is 0 Å². The Morgan fingerprint density at radius 3 is 2.58 bits per heavy atom. The van der Waals surface area contributed by atoms with Gasteiger partial charge < -0.3 is 9.47 Å². The first-order valence-corrected chi connectivity index (χ1v) is 5.83. The molecule has 7 heteroatoms. The van der Waals surface area contributed by atoms with Crippen molar-refractivity contribution in [3.8, 4) is 0 Å². The summed E-state index contributed by atoms with van der Waals surface area (Å²) in [6, 6.07) is 0. The Morgan fingerprint density at radius 2 is 2.05 bits per heavy atom. The predicted octanol–water partition coefficient (Wildman–Crippen LogP) is 1.25. The molecule has 0 aromatic rings. The number of ether oxygens (including phenoxy) is 2. The Balaban J connectivity index is 4.52. The zero-order chi connectivity index (χ0) is 14.7. The van der Waals surface area contributed by atoms with Gasteiger partial charge in [-0.25, -0.2) is 4.79 Å². The van der Waals surface area contributed by atoms with Gasteiger partial charge >= 0.3 is 11.9 Å². The minimum atomic E-state index is -0.618. The SMILES string of the molecule is CCOC(=O)C(=C=CCCOC(C)=O)CC[N+](=O)[O-]. The van der Waals surface area contributed by atoms with Crippen LogP contribution in [0.3, 0.4) is 0 Å². The Kier molecular flexibility index (Phi) is 8.74. The molecule has 0 atom stereocenters. The summed E-state index contributed by atoms with van der Waals surface area (Å²) in [5.41, 5.74) is 2.77. The van der Waals surface area contributed by atoms with Crippen molar-refractivity contribution in [2.45, 2.75) is 26.7 Å². The van der Waals surface area contributed by atoms with Gasteiger partial charge in [-0.2, -0.15) is 0 Å². The number of esters is 2. The van der Waals surface area contributed by atoms with Gasteiger partial charge in [0.25, 0.3) is 0 Å². The van der Waals surface area contributed by atoms with Gasteiger partial charge in [0, 0.05) is 18.3 Å². The number of carbonyl (C=O) groups is 2. The van der Waals surface area contributed by atoms with Gasteiger partial charge in [-0.1, -0.05) is 0 Å². The summed E-state index contributed by atoms with van der Waals surface area (Å²) in [5.74, 6) is -1.01. The summed E-state index contributed by atoms with van der Waals surface area (Å²) in [5, 5.41) is 10.3. The lowest BCUT2D eigenvalue weighted by Gasteiger charge is -2.02. The molecule has 0 N–H and O–H groups in total. The molecule has 0 unspecified atom stereocenters. The van der Waals surface area contributed by atoms with E-state index >= 15 is 0 Å². The van der Waals surface area contributed by atoms with Crippen molar-refractivity contribution in [1.29, 1.82) is 0 Å². The lowest BCUT2D eigenvalue weighted by molar-refractivity contribution is -0.479. The quantitative estimate of drug-likeness (QED) is 0.165. The monoisotopic (exact) mass is 271 g/mol. The van der Waals surface area contributed by atoms with Crippen LogP contribution in [0, 0.1) is 10.1 Å². The van der Waals surface area contributed by atoms with E-state index in [1.54, 1.807) is 6.92 Å². The lowest BCUT2D eigenvalue weighted by Crippen LogP contribution is -2.11. The number of hydrogen-bond acceptors (Lipinski definition) is 6. The lowest BCUT2D eigenvalue weighted by atomic mass is 10.2. The average molecular weight is 271 g/mol. The second-order valence-corrected chi connectivity index (χ2v) is 3.48. The fourth-order valence-corrected chi connectivity index (χ4v) is 1.11. The summed E-state index contributed by atoms with van der Waals surface area (Å²) >= 11 is 0. The van der Waals surface area contributed by atoms with Crippen LogP contribution in [-0.4, -0.2) is 36.6 Å². The number of nitrogens with zero attached hydrogens (tertiary/aromatic N) is 1. The van der Waals surface area contributed by atoms with E-state index in [1.165, 1.54) is 13.0 Å². The molecule has 0 fully saturated rings. The predicted molar refractivity (Wildman–Crippen MR) is 66.0 cm³/mol. The van der Waals surface area contributed by atoms with Crippen LogP contribution in [0.15, 0.2) is 17.4 Å². The highest BCUT2D eigenvalue weighted by Crippen LogP contribution is 2.03. The summed E-state index contributed by atoms with van der Waals surface area (Å²) in [4.78, 5) is 31.7. The molecule has 0 aliphatic carbocycles.